The van der Waals surface area contributed by atoms with Crippen LogP contribution in [0.1, 0.15) is 43.2 Å². The molecule has 0 aliphatic carbocycles. The molecule has 2 heterocycles. The molecule has 132 valence electrons. The molecule has 0 bridgehead atoms. The molecule has 2 amide bonds. The highest BCUT2D eigenvalue weighted by atomic mass is 35.5. The van der Waals surface area contributed by atoms with Gasteiger partial charge in [0.25, 0.3) is 0 Å². The molecular weight excluding hydrogens is 326 g/mol. The monoisotopic (exact) mass is 351 g/mol. The molecule has 6 heteroatoms. The smallest absolute Gasteiger partial charge is 0.237 e. The van der Waals surface area contributed by atoms with Crippen LogP contribution in [0.15, 0.2) is 24.3 Å². The van der Waals surface area contributed by atoms with Gasteiger partial charge in [0.15, 0.2) is 0 Å². The first-order chi connectivity index (χ1) is 11.2. The first-order valence-corrected chi connectivity index (χ1v) is 8.59. The number of piperidine rings is 1. The summed E-state index contributed by atoms with van der Waals surface area (Å²) in [6.07, 6.45) is 4.82. The maximum Gasteiger partial charge on any atom is 0.237 e. The molecule has 1 unspecified atom stereocenters. The fourth-order valence-corrected chi connectivity index (χ4v) is 3.32. The van der Waals surface area contributed by atoms with Gasteiger partial charge in [-0.15, -0.1) is 12.4 Å². The predicted molar refractivity (Wildman–Crippen MR) is 95.8 cm³/mol. The number of halogens is 1. The Balaban J connectivity index is 0.00000208. The minimum absolute atomic E-state index is 0. The molecule has 2 aliphatic heterocycles. The normalized spacial score (nSPS) is 20.6. The topological polar surface area (TPSA) is 61.4 Å². The molecule has 0 saturated carbocycles. The Morgan fingerprint density at radius 2 is 2.08 bits per heavy atom. The number of hydrogen-bond acceptors (Lipinski definition) is 3. The van der Waals surface area contributed by atoms with E-state index in [2.05, 4.69) is 16.7 Å². The molecular formula is C18H26ClN3O2. The fourth-order valence-electron chi connectivity index (χ4n) is 3.32. The van der Waals surface area contributed by atoms with Crippen LogP contribution in [0.3, 0.4) is 0 Å². The number of rotatable bonds is 5. The zero-order valence-electron chi connectivity index (χ0n) is 13.9. The van der Waals surface area contributed by atoms with Gasteiger partial charge in [0.2, 0.25) is 11.8 Å². The Hall–Kier alpha value is -1.59. The van der Waals surface area contributed by atoms with Crippen molar-refractivity contribution in [2.45, 2.75) is 51.2 Å². The van der Waals surface area contributed by atoms with Crippen molar-refractivity contribution in [3.05, 3.63) is 35.4 Å². The van der Waals surface area contributed by atoms with Crippen molar-refractivity contribution in [2.24, 2.45) is 0 Å². The minimum atomic E-state index is -0.0471. The van der Waals surface area contributed by atoms with Crippen LogP contribution in [0.4, 0.5) is 0 Å². The van der Waals surface area contributed by atoms with E-state index in [4.69, 9.17) is 0 Å². The van der Waals surface area contributed by atoms with Gasteiger partial charge in [-0.2, -0.15) is 0 Å². The summed E-state index contributed by atoms with van der Waals surface area (Å²) in [5.74, 6) is 0.330. The van der Waals surface area contributed by atoms with Crippen LogP contribution in [0.5, 0.6) is 0 Å². The molecule has 1 aromatic rings. The summed E-state index contributed by atoms with van der Waals surface area (Å²) in [5.41, 5.74) is 2.21. The van der Waals surface area contributed by atoms with Crippen molar-refractivity contribution in [3.63, 3.8) is 0 Å². The predicted octanol–water partition coefficient (Wildman–Crippen LogP) is 1.99. The summed E-state index contributed by atoms with van der Waals surface area (Å²) in [6.45, 7) is 2.99. The largest absolute Gasteiger partial charge is 0.351 e. The van der Waals surface area contributed by atoms with Gasteiger partial charge < -0.3 is 15.5 Å². The van der Waals surface area contributed by atoms with E-state index >= 15 is 0 Å². The number of nitrogens with one attached hydrogen (secondary N) is 2. The Bertz CT molecular complexity index is 573. The van der Waals surface area contributed by atoms with E-state index in [0.717, 1.165) is 49.9 Å². The van der Waals surface area contributed by atoms with Gasteiger partial charge in [0.05, 0.1) is 6.04 Å². The number of amides is 2. The molecule has 5 nitrogen and oxygen atoms in total. The summed E-state index contributed by atoms with van der Waals surface area (Å²) < 4.78 is 0. The van der Waals surface area contributed by atoms with Crippen LogP contribution in [0.2, 0.25) is 0 Å². The van der Waals surface area contributed by atoms with Gasteiger partial charge in [-0.05, 0) is 36.9 Å². The highest BCUT2D eigenvalue weighted by molar-refractivity contribution is 5.85. The van der Waals surface area contributed by atoms with Gasteiger partial charge in [-0.1, -0.05) is 30.7 Å². The Labute approximate surface area is 149 Å². The molecule has 1 atom stereocenters. The summed E-state index contributed by atoms with van der Waals surface area (Å²) in [4.78, 5) is 25.8. The average Bonchev–Trinajstić information content (AvgIpc) is 2.99. The molecule has 0 spiro atoms. The highest BCUT2D eigenvalue weighted by Crippen LogP contribution is 2.15. The summed E-state index contributed by atoms with van der Waals surface area (Å²) >= 11 is 0. The van der Waals surface area contributed by atoms with Crippen LogP contribution in [-0.2, 0) is 22.7 Å². The maximum atomic E-state index is 12.2. The van der Waals surface area contributed by atoms with Crippen molar-refractivity contribution >= 4 is 24.2 Å². The molecule has 2 N–H and O–H groups in total. The van der Waals surface area contributed by atoms with E-state index < -0.39 is 0 Å². The number of likely N-dealkylation sites (tertiary alicyclic amines) is 1. The van der Waals surface area contributed by atoms with Crippen LogP contribution in [0.25, 0.3) is 0 Å². The van der Waals surface area contributed by atoms with Gasteiger partial charge in [0.1, 0.15) is 0 Å². The zero-order chi connectivity index (χ0) is 16.1. The number of benzene rings is 1. The van der Waals surface area contributed by atoms with Gasteiger partial charge in [0, 0.05) is 26.1 Å². The van der Waals surface area contributed by atoms with Gasteiger partial charge in [-0.25, -0.2) is 0 Å². The zero-order valence-corrected chi connectivity index (χ0v) is 14.7. The van der Waals surface area contributed by atoms with E-state index in [9.17, 15) is 9.59 Å². The Morgan fingerprint density at radius 1 is 1.25 bits per heavy atom. The summed E-state index contributed by atoms with van der Waals surface area (Å²) in [6, 6.07) is 8.09. The molecule has 24 heavy (non-hydrogen) atoms. The third-order valence-corrected chi connectivity index (χ3v) is 4.63. The molecule has 2 saturated heterocycles. The van der Waals surface area contributed by atoms with Crippen molar-refractivity contribution < 1.29 is 9.59 Å². The second-order valence-corrected chi connectivity index (χ2v) is 6.46. The molecule has 1 aromatic carbocycles. The molecule has 3 rings (SSSR count). The lowest BCUT2D eigenvalue weighted by Crippen LogP contribution is -2.46. The minimum Gasteiger partial charge on any atom is -0.351 e. The average molecular weight is 352 g/mol. The number of hydrogen-bond donors (Lipinski definition) is 2. The standard InChI is InChI=1S/C18H25N3O2.ClH/c22-17-8-4-10-21(17)13-15-6-3-5-14(11-15)12-20-18(23)16-7-1-2-9-19-16;/h3,5-6,11,16,19H,1-2,4,7-10,12-13H2,(H,20,23);1H. The third kappa shape index (κ3) is 4.95. The quantitative estimate of drug-likeness (QED) is 0.852. The SMILES string of the molecule is Cl.O=C(NCc1cccc(CN2CCCC2=O)c1)C1CCCCN1. The van der Waals surface area contributed by atoms with Crippen LogP contribution >= 0.6 is 12.4 Å². The first kappa shape index (κ1) is 18.7. The summed E-state index contributed by atoms with van der Waals surface area (Å²) in [5, 5.41) is 6.28. The van der Waals surface area contributed by atoms with Crippen molar-refractivity contribution in [3.8, 4) is 0 Å². The third-order valence-electron chi connectivity index (χ3n) is 4.63. The number of carbonyl (C=O) groups is 2. The Morgan fingerprint density at radius 3 is 2.79 bits per heavy atom. The molecule has 2 fully saturated rings. The van der Waals surface area contributed by atoms with Gasteiger partial charge in [-0.3, -0.25) is 9.59 Å². The van der Waals surface area contributed by atoms with Crippen molar-refractivity contribution in [1.29, 1.82) is 0 Å². The molecule has 0 aromatic heterocycles. The van der Waals surface area contributed by atoms with E-state index in [1.165, 1.54) is 0 Å². The fraction of sp³-hybridized carbons (Fsp3) is 0.556. The maximum absolute atomic E-state index is 12.2. The number of nitrogens with zero attached hydrogens (tertiary/aromatic N) is 1. The number of carbonyl (C=O) groups excluding carboxylic acids is 2. The second kappa shape index (κ2) is 9.04. The first-order valence-electron chi connectivity index (χ1n) is 8.59. The molecule has 0 radical (unpaired) electrons. The van der Waals surface area contributed by atoms with Crippen molar-refractivity contribution in [2.75, 3.05) is 13.1 Å². The van der Waals surface area contributed by atoms with Crippen molar-refractivity contribution in [1.82, 2.24) is 15.5 Å². The highest BCUT2D eigenvalue weighted by Gasteiger charge is 2.21. The van der Waals surface area contributed by atoms with E-state index in [0.29, 0.717) is 19.5 Å². The Kier molecular flexibility index (Phi) is 7.06. The van der Waals surface area contributed by atoms with E-state index in [1.807, 2.05) is 23.1 Å². The summed E-state index contributed by atoms with van der Waals surface area (Å²) in [7, 11) is 0. The molecule has 2 aliphatic rings. The van der Waals surface area contributed by atoms with Gasteiger partial charge >= 0.3 is 0 Å². The van der Waals surface area contributed by atoms with Crippen LogP contribution < -0.4 is 10.6 Å². The lowest BCUT2D eigenvalue weighted by molar-refractivity contribution is -0.128. The lowest BCUT2D eigenvalue weighted by atomic mass is 10.0. The lowest BCUT2D eigenvalue weighted by Gasteiger charge is -2.22. The van der Waals surface area contributed by atoms with E-state index in [-0.39, 0.29) is 30.3 Å². The van der Waals surface area contributed by atoms with E-state index in [1.54, 1.807) is 0 Å². The van der Waals surface area contributed by atoms with Crippen LogP contribution in [0, 0.1) is 0 Å². The van der Waals surface area contributed by atoms with Crippen LogP contribution in [-0.4, -0.2) is 35.8 Å². The second-order valence-electron chi connectivity index (χ2n) is 6.46.